The van der Waals surface area contributed by atoms with E-state index in [0.29, 0.717) is 13.0 Å². The lowest BCUT2D eigenvalue weighted by Gasteiger charge is -2.49. The normalized spacial score (nSPS) is 23.0. The van der Waals surface area contributed by atoms with Crippen LogP contribution in [0, 0.1) is 0 Å². The summed E-state index contributed by atoms with van der Waals surface area (Å²) in [5.41, 5.74) is 2.65. The average Bonchev–Trinajstić information content (AvgIpc) is 2.90. The number of rotatable bonds is 4. The Morgan fingerprint density at radius 2 is 1.82 bits per heavy atom. The van der Waals surface area contributed by atoms with Crippen molar-refractivity contribution in [2.75, 3.05) is 18.6 Å². The number of ether oxygens (including phenoxy) is 1. The van der Waals surface area contributed by atoms with E-state index in [1.165, 1.54) is 11.3 Å². The molecule has 2 aromatic rings. The minimum absolute atomic E-state index is 0.0930. The molecule has 1 saturated heterocycles. The Morgan fingerprint density at radius 1 is 1.07 bits per heavy atom. The number of benzene rings is 2. The molecule has 1 amide bonds. The van der Waals surface area contributed by atoms with Crippen LogP contribution in [-0.4, -0.2) is 25.2 Å². The molecule has 4 rings (SSSR count). The molecular formula is C24H26N2O2. The molecule has 1 fully saturated rings. The first-order valence-corrected chi connectivity index (χ1v) is 9.67. The molecule has 1 N–H and O–H groups in total. The molecule has 1 atom stereocenters. The Labute approximate surface area is 166 Å². The van der Waals surface area contributed by atoms with Gasteiger partial charge in [0.15, 0.2) is 0 Å². The number of hydrogen-bond donors (Lipinski definition) is 1. The standard InChI is InChI=1S/C24H26N2O2/c1-23(2)19-12-5-6-13-20(19)26-17-15-22(27)25-24(23,26)16-9-8-11-18-10-4-7-14-21(18)28-3/h4-14,16H,15,17H2,1-3H3,(H,25,27)/t24-/m0/s1. The Hall–Kier alpha value is -3.01. The molecule has 0 unspecified atom stereocenters. The molecular weight excluding hydrogens is 348 g/mol. The van der Waals surface area contributed by atoms with Crippen molar-refractivity contribution in [3.63, 3.8) is 0 Å². The molecule has 2 aliphatic heterocycles. The number of carbonyl (C=O) groups excluding carboxylic acids is 1. The van der Waals surface area contributed by atoms with Crippen molar-refractivity contribution in [1.29, 1.82) is 0 Å². The van der Waals surface area contributed by atoms with E-state index < -0.39 is 5.66 Å². The summed E-state index contributed by atoms with van der Waals surface area (Å²) in [5.74, 6) is 0.932. The molecule has 2 heterocycles. The summed E-state index contributed by atoms with van der Waals surface area (Å²) in [7, 11) is 1.68. The molecule has 2 aromatic carbocycles. The zero-order valence-corrected chi connectivity index (χ0v) is 16.6. The van der Waals surface area contributed by atoms with Crippen molar-refractivity contribution in [2.45, 2.75) is 31.3 Å². The van der Waals surface area contributed by atoms with Gasteiger partial charge in [-0.05, 0) is 23.8 Å². The van der Waals surface area contributed by atoms with Gasteiger partial charge in [0, 0.05) is 29.6 Å². The first-order valence-electron chi connectivity index (χ1n) is 9.67. The van der Waals surface area contributed by atoms with Gasteiger partial charge in [0.25, 0.3) is 0 Å². The van der Waals surface area contributed by atoms with E-state index in [1.807, 2.05) is 42.5 Å². The first-order chi connectivity index (χ1) is 13.5. The Morgan fingerprint density at radius 3 is 2.64 bits per heavy atom. The van der Waals surface area contributed by atoms with Gasteiger partial charge in [0.1, 0.15) is 11.4 Å². The van der Waals surface area contributed by atoms with Crippen LogP contribution in [0.4, 0.5) is 5.69 Å². The second-order valence-corrected chi connectivity index (χ2v) is 7.82. The van der Waals surface area contributed by atoms with Gasteiger partial charge in [-0.2, -0.15) is 0 Å². The fourth-order valence-corrected chi connectivity index (χ4v) is 4.48. The van der Waals surface area contributed by atoms with E-state index in [0.717, 1.165) is 11.3 Å². The van der Waals surface area contributed by atoms with Gasteiger partial charge in [0.2, 0.25) is 5.91 Å². The van der Waals surface area contributed by atoms with E-state index in [9.17, 15) is 4.79 Å². The van der Waals surface area contributed by atoms with Gasteiger partial charge in [-0.15, -0.1) is 0 Å². The van der Waals surface area contributed by atoms with Gasteiger partial charge in [-0.25, -0.2) is 0 Å². The molecule has 0 bridgehead atoms. The molecule has 4 nitrogen and oxygen atoms in total. The topological polar surface area (TPSA) is 41.6 Å². The van der Waals surface area contributed by atoms with Crippen LogP contribution in [0.1, 0.15) is 31.4 Å². The van der Waals surface area contributed by atoms with Crippen molar-refractivity contribution < 1.29 is 9.53 Å². The summed E-state index contributed by atoms with van der Waals surface area (Å²) in [6.07, 6.45) is 8.69. The number of anilines is 1. The van der Waals surface area contributed by atoms with E-state index in [1.54, 1.807) is 7.11 Å². The van der Waals surface area contributed by atoms with E-state index in [2.05, 4.69) is 54.4 Å². The maximum atomic E-state index is 12.4. The maximum Gasteiger partial charge on any atom is 0.223 e. The third-order valence-electron chi connectivity index (χ3n) is 6.00. The number of methoxy groups -OCH3 is 1. The summed E-state index contributed by atoms with van der Waals surface area (Å²) in [6, 6.07) is 16.4. The molecule has 0 spiro atoms. The number of nitrogens with one attached hydrogen (secondary N) is 1. The number of para-hydroxylation sites is 2. The minimum atomic E-state index is -0.572. The lowest BCUT2D eigenvalue weighted by molar-refractivity contribution is -0.124. The molecule has 2 aliphatic rings. The lowest BCUT2D eigenvalue weighted by atomic mass is 9.74. The van der Waals surface area contributed by atoms with E-state index in [-0.39, 0.29) is 11.3 Å². The maximum absolute atomic E-state index is 12.4. The van der Waals surface area contributed by atoms with E-state index in [4.69, 9.17) is 4.74 Å². The third-order valence-corrected chi connectivity index (χ3v) is 6.00. The van der Waals surface area contributed by atoms with Crippen LogP contribution in [0.2, 0.25) is 0 Å². The minimum Gasteiger partial charge on any atom is -0.496 e. The quantitative estimate of drug-likeness (QED) is 0.812. The largest absolute Gasteiger partial charge is 0.496 e. The van der Waals surface area contributed by atoms with Crippen LogP contribution in [0.5, 0.6) is 5.75 Å². The predicted octanol–water partition coefficient (Wildman–Crippen LogP) is 4.28. The molecule has 0 radical (unpaired) electrons. The summed E-state index contributed by atoms with van der Waals surface area (Å²) in [4.78, 5) is 14.7. The molecule has 0 aliphatic carbocycles. The van der Waals surface area contributed by atoms with Crippen LogP contribution in [0.15, 0.2) is 66.8 Å². The Balaban J connectivity index is 1.70. The highest BCUT2D eigenvalue weighted by Gasteiger charge is 2.57. The lowest BCUT2D eigenvalue weighted by Crippen LogP contribution is -2.68. The number of hydrogen-bond acceptors (Lipinski definition) is 3. The molecule has 0 aromatic heterocycles. The highest BCUT2D eigenvalue weighted by molar-refractivity contribution is 5.84. The molecule has 4 heteroatoms. The van der Waals surface area contributed by atoms with Gasteiger partial charge in [0.05, 0.1) is 7.11 Å². The average molecular weight is 374 g/mol. The Bertz CT molecular complexity index is 961. The van der Waals surface area contributed by atoms with Crippen LogP contribution >= 0.6 is 0 Å². The van der Waals surface area contributed by atoms with Gasteiger partial charge >= 0.3 is 0 Å². The van der Waals surface area contributed by atoms with Crippen LogP contribution < -0.4 is 15.0 Å². The van der Waals surface area contributed by atoms with Gasteiger partial charge in [-0.1, -0.05) is 68.5 Å². The SMILES string of the molecule is COc1ccccc1C=CC=C[C@]12NC(=O)CCN1c1ccccc1C2(C)C. The Kier molecular flexibility index (Phi) is 4.50. The second kappa shape index (κ2) is 6.86. The third kappa shape index (κ3) is 2.71. The highest BCUT2D eigenvalue weighted by atomic mass is 16.5. The van der Waals surface area contributed by atoms with Crippen molar-refractivity contribution in [2.24, 2.45) is 0 Å². The highest BCUT2D eigenvalue weighted by Crippen LogP contribution is 2.52. The number of allylic oxidation sites excluding steroid dienone is 2. The van der Waals surface area contributed by atoms with Crippen LogP contribution in [-0.2, 0) is 10.2 Å². The fourth-order valence-electron chi connectivity index (χ4n) is 4.48. The second-order valence-electron chi connectivity index (χ2n) is 7.82. The number of amides is 1. The molecule has 144 valence electrons. The number of fused-ring (bicyclic) bond motifs is 3. The van der Waals surface area contributed by atoms with Crippen molar-refractivity contribution in [1.82, 2.24) is 5.32 Å². The first kappa shape index (κ1) is 18.4. The summed E-state index contributed by atoms with van der Waals surface area (Å²) < 4.78 is 5.41. The summed E-state index contributed by atoms with van der Waals surface area (Å²) >= 11 is 0. The number of nitrogens with zero attached hydrogens (tertiary/aromatic N) is 1. The van der Waals surface area contributed by atoms with Crippen molar-refractivity contribution in [3.8, 4) is 5.75 Å². The predicted molar refractivity (Wildman–Crippen MR) is 113 cm³/mol. The van der Waals surface area contributed by atoms with Gasteiger partial charge in [-0.3, -0.25) is 4.79 Å². The van der Waals surface area contributed by atoms with Crippen molar-refractivity contribution in [3.05, 3.63) is 77.9 Å². The summed E-state index contributed by atoms with van der Waals surface area (Å²) in [5, 5.41) is 3.29. The zero-order chi connectivity index (χ0) is 19.8. The fraction of sp³-hybridized carbons (Fsp3) is 0.292. The van der Waals surface area contributed by atoms with E-state index >= 15 is 0 Å². The van der Waals surface area contributed by atoms with Crippen molar-refractivity contribution >= 4 is 17.7 Å². The van der Waals surface area contributed by atoms with Crippen LogP contribution in [0.25, 0.3) is 6.08 Å². The van der Waals surface area contributed by atoms with Gasteiger partial charge < -0.3 is 15.0 Å². The molecule has 0 saturated carbocycles. The van der Waals surface area contributed by atoms with Crippen LogP contribution in [0.3, 0.4) is 0 Å². The number of carbonyl (C=O) groups is 1. The molecule has 28 heavy (non-hydrogen) atoms. The summed E-state index contributed by atoms with van der Waals surface area (Å²) in [6.45, 7) is 5.12. The zero-order valence-electron chi connectivity index (χ0n) is 16.6. The smallest absolute Gasteiger partial charge is 0.223 e. The monoisotopic (exact) mass is 374 g/mol.